The van der Waals surface area contributed by atoms with Gasteiger partial charge in [-0.2, -0.15) is 0 Å². The van der Waals surface area contributed by atoms with Crippen LogP contribution in [-0.4, -0.2) is 7.11 Å². The minimum atomic E-state index is -0.0835. The van der Waals surface area contributed by atoms with E-state index in [9.17, 15) is 0 Å². The second-order valence-electron chi connectivity index (χ2n) is 5.56. The molecule has 0 amide bonds. The van der Waals surface area contributed by atoms with Crippen molar-refractivity contribution in [1.29, 1.82) is 0 Å². The zero-order valence-corrected chi connectivity index (χ0v) is 13.1. The Hall–Kier alpha value is -1.32. The average Bonchev–Trinajstić information content (AvgIpc) is 3.01. The number of hydrogen-bond donors (Lipinski definition) is 1. The van der Waals surface area contributed by atoms with Crippen molar-refractivity contribution in [2.45, 2.75) is 39.2 Å². The fourth-order valence-electron chi connectivity index (χ4n) is 2.99. The summed E-state index contributed by atoms with van der Waals surface area (Å²) in [6, 6.07) is 6.46. The van der Waals surface area contributed by atoms with Gasteiger partial charge in [-0.05, 0) is 55.9 Å². The highest BCUT2D eigenvalue weighted by atomic mass is 32.1. The fourth-order valence-corrected chi connectivity index (χ4v) is 4.26. The smallest absolute Gasteiger partial charge is 0.127 e. The van der Waals surface area contributed by atoms with Gasteiger partial charge in [-0.1, -0.05) is 12.1 Å². The molecule has 1 heterocycles. The molecule has 1 aliphatic rings. The Balaban J connectivity index is 2.01. The van der Waals surface area contributed by atoms with Gasteiger partial charge in [-0.15, -0.1) is 11.3 Å². The maximum absolute atomic E-state index is 6.50. The lowest BCUT2D eigenvalue weighted by Crippen LogP contribution is -2.12. The van der Waals surface area contributed by atoms with E-state index in [2.05, 4.69) is 32.0 Å². The van der Waals surface area contributed by atoms with E-state index in [1.807, 2.05) is 11.3 Å². The highest BCUT2D eigenvalue weighted by molar-refractivity contribution is 7.12. The van der Waals surface area contributed by atoms with Crippen molar-refractivity contribution in [3.8, 4) is 5.75 Å². The topological polar surface area (TPSA) is 35.2 Å². The lowest BCUT2D eigenvalue weighted by molar-refractivity contribution is 0.404. The number of ether oxygens (including phenoxy) is 1. The number of methoxy groups -OCH3 is 1. The number of benzene rings is 1. The second-order valence-corrected chi connectivity index (χ2v) is 6.73. The number of fused-ring (bicyclic) bond motifs is 1. The summed E-state index contributed by atoms with van der Waals surface area (Å²) in [4.78, 5) is 2.79. The van der Waals surface area contributed by atoms with Gasteiger partial charge in [-0.3, -0.25) is 0 Å². The summed E-state index contributed by atoms with van der Waals surface area (Å²) in [5, 5.41) is 0. The molecule has 0 fully saturated rings. The SMILES string of the molecule is COc1c(C(N)c2cc3c(s2)CCC3)ccc(C)c1C. The molecule has 106 valence electrons. The largest absolute Gasteiger partial charge is 0.496 e. The van der Waals surface area contributed by atoms with Gasteiger partial charge in [0, 0.05) is 15.3 Å². The molecular weight excluding hydrogens is 266 g/mol. The molecule has 1 aromatic carbocycles. The van der Waals surface area contributed by atoms with Crippen LogP contribution in [0.25, 0.3) is 0 Å². The molecule has 2 N–H and O–H groups in total. The van der Waals surface area contributed by atoms with Crippen LogP contribution >= 0.6 is 11.3 Å². The van der Waals surface area contributed by atoms with Crippen LogP contribution in [0.5, 0.6) is 5.75 Å². The first-order valence-corrected chi connectivity index (χ1v) is 7.94. The van der Waals surface area contributed by atoms with Gasteiger partial charge in [0.2, 0.25) is 0 Å². The number of nitrogens with two attached hydrogens (primary N) is 1. The van der Waals surface area contributed by atoms with E-state index in [4.69, 9.17) is 10.5 Å². The van der Waals surface area contributed by atoms with Crippen molar-refractivity contribution in [2.75, 3.05) is 7.11 Å². The first kappa shape index (κ1) is 13.7. The molecule has 0 bridgehead atoms. The van der Waals surface area contributed by atoms with Crippen molar-refractivity contribution in [1.82, 2.24) is 0 Å². The molecule has 1 aliphatic carbocycles. The van der Waals surface area contributed by atoms with E-state index in [-0.39, 0.29) is 6.04 Å². The fraction of sp³-hybridized carbons (Fsp3) is 0.412. The molecule has 3 rings (SSSR count). The molecule has 1 unspecified atom stereocenters. The van der Waals surface area contributed by atoms with Gasteiger partial charge in [0.1, 0.15) is 5.75 Å². The molecule has 0 radical (unpaired) electrons. The molecule has 1 aromatic heterocycles. The Morgan fingerprint density at radius 3 is 2.75 bits per heavy atom. The van der Waals surface area contributed by atoms with Crippen LogP contribution in [0.15, 0.2) is 18.2 Å². The molecule has 1 atom stereocenters. The minimum absolute atomic E-state index is 0.0835. The van der Waals surface area contributed by atoms with Crippen LogP contribution < -0.4 is 10.5 Å². The van der Waals surface area contributed by atoms with Crippen LogP contribution in [0, 0.1) is 13.8 Å². The summed E-state index contributed by atoms with van der Waals surface area (Å²) >= 11 is 1.87. The van der Waals surface area contributed by atoms with Crippen molar-refractivity contribution in [3.05, 3.63) is 50.2 Å². The van der Waals surface area contributed by atoms with Crippen molar-refractivity contribution < 1.29 is 4.74 Å². The average molecular weight is 287 g/mol. The predicted molar refractivity (Wildman–Crippen MR) is 84.8 cm³/mol. The number of thiophene rings is 1. The van der Waals surface area contributed by atoms with Gasteiger partial charge >= 0.3 is 0 Å². The summed E-state index contributed by atoms with van der Waals surface area (Å²) < 4.78 is 5.60. The van der Waals surface area contributed by atoms with Crippen LogP contribution in [0.4, 0.5) is 0 Å². The van der Waals surface area contributed by atoms with Gasteiger partial charge < -0.3 is 10.5 Å². The summed E-state index contributed by atoms with van der Waals surface area (Å²) in [5.74, 6) is 0.936. The highest BCUT2D eigenvalue weighted by Gasteiger charge is 2.22. The lowest BCUT2D eigenvalue weighted by Gasteiger charge is -2.18. The van der Waals surface area contributed by atoms with E-state index in [1.165, 1.54) is 45.7 Å². The molecule has 0 saturated carbocycles. The Kier molecular flexibility index (Phi) is 3.57. The monoisotopic (exact) mass is 287 g/mol. The quantitative estimate of drug-likeness (QED) is 0.929. The van der Waals surface area contributed by atoms with Crippen molar-refractivity contribution in [2.24, 2.45) is 5.73 Å². The van der Waals surface area contributed by atoms with Crippen molar-refractivity contribution >= 4 is 11.3 Å². The molecule has 2 nitrogen and oxygen atoms in total. The zero-order chi connectivity index (χ0) is 14.3. The second kappa shape index (κ2) is 5.23. The number of rotatable bonds is 3. The normalized spacial score (nSPS) is 15.2. The number of aryl methyl sites for hydroxylation is 3. The standard InChI is InChI=1S/C17H21NOS/c1-10-7-8-13(17(19-3)11(10)2)16(18)15-9-12-5-4-6-14(12)20-15/h7-9,16H,4-6,18H2,1-3H3. The van der Waals surface area contributed by atoms with Crippen LogP contribution in [0.3, 0.4) is 0 Å². The number of hydrogen-bond acceptors (Lipinski definition) is 3. The van der Waals surface area contributed by atoms with E-state index in [0.717, 1.165) is 11.3 Å². The molecule has 0 saturated heterocycles. The molecule has 0 aliphatic heterocycles. The first-order chi connectivity index (χ1) is 9.61. The van der Waals surface area contributed by atoms with Gasteiger partial charge in [0.15, 0.2) is 0 Å². The first-order valence-electron chi connectivity index (χ1n) is 7.13. The Bertz CT molecular complexity index is 623. The summed E-state index contributed by atoms with van der Waals surface area (Å²) in [5.41, 5.74) is 11.5. The maximum Gasteiger partial charge on any atom is 0.127 e. The molecular formula is C17H21NOS. The predicted octanol–water partition coefficient (Wildman–Crippen LogP) is 3.91. The Labute approximate surface area is 124 Å². The van der Waals surface area contributed by atoms with Gasteiger partial charge in [0.05, 0.1) is 13.2 Å². The van der Waals surface area contributed by atoms with E-state index in [1.54, 1.807) is 7.11 Å². The van der Waals surface area contributed by atoms with E-state index in [0.29, 0.717) is 0 Å². The minimum Gasteiger partial charge on any atom is -0.496 e. The summed E-state index contributed by atoms with van der Waals surface area (Å²) in [6.07, 6.45) is 3.73. The molecule has 0 spiro atoms. The molecule has 20 heavy (non-hydrogen) atoms. The molecule has 3 heteroatoms. The Morgan fingerprint density at radius 1 is 1.25 bits per heavy atom. The van der Waals surface area contributed by atoms with Crippen LogP contribution in [0.1, 0.15) is 44.5 Å². The van der Waals surface area contributed by atoms with Gasteiger partial charge in [0.25, 0.3) is 0 Å². The van der Waals surface area contributed by atoms with E-state index < -0.39 is 0 Å². The molecule has 2 aromatic rings. The lowest BCUT2D eigenvalue weighted by atomic mass is 9.98. The van der Waals surface area contributed by atoms with Crippen LogP contribution in [-0.2, 0) is 12.8 Å². The van der Waals surface area contributed by atoms with E-state index >= 15 is 0 Å². The zero-order valence-electron chi connectivity index (χ0n) is 12.3. The van der Waals surface area contributed by atoms with Crippen molar-refractivity contribution in [3.63, 3.8) is 0 Å². The van der Waals surface area contributed by atoms with Gasteiger partial charge in [-0.25, -0.2) is 0 Å². The Morgan fingerprint density at radius 2 is 2.05 bits per heavy atom. The summed E-state index contributed by atoms with van der Waals surface area (Å²) in [6.45, 7) is 4.20. The van der Waals surface area contributed by atoms with Crippen LogP contribution in [0.2, 0.25) is 0 Å². The maximum atomic E-state index is 6.50. The third kappa shape index (κ3) is 2.15. The highest BCUT2D eigenvalue weighted by Crippen LogP contribution is 2.38. The third-order valence-electron chi connectivity index (χ3n) is 4.32. The summed E-state index contributed by atoms with van der Waals surface area (Å²) in [7, 11) is 1.73. The third-order valence-corrected chi connectivity index (χ3v) is 5.64.